The molecule has 0 atom stereocenters. The van der Waals surface area contributed by atoms with Crippen LogP contribution in [-0.2, 0) is 6.42 Å². The molecule has 0 aliphatic heterocycles. The molecule has 0 saturated heterocycles. The zero-order valence-corrected chi connectivity index (χ0v) is 38.9. The largest absolute Gasteiger partial charge is 0.309 e. The highest BCUT2D eigenvalue weighted by molar-refractivity contribution is 7.25. The maximum absolute atomic E-state index is 2.48. The number of fused-ring (bicyclic) bond motifs is 12. The van der Waals surface area contributed by atoms with Gasteiger partial charge in [-0.2, -0.15) is 0 Å². The predicted octanol–water partition coefficient (Wildman–Crippen LogP) is 18.5. The molecule has 0 N–H and O–H groups in total. The molecule has 0 unspecified atom stereocenters. The van der Waals surface area contributed by atoms with E-state index in [-0.39, 0.29) is 0 Å². The summed E-state index contributed by atoms with van der Waals surface area (Å²) in [5.41, 5.74) is 22.4. The third-order valence-corrected chi connectivity index (χ3v) is 16.1. The van der Waals surface area contributed by atoms with Gasteiger partial charge in [0.1, 0.15) is 0 Å². The Bertz CT molecular complexity index is 4390. The van der Waals surface area contributed by atoms with Crippen molar-refractivity contribution in [2.75, 3.05) is 0 Å². The summed E-state index contributed by atoms with van der Waals surface area (Å²) in [6, 6.07) is 90.3. The van der Waals surface area contributed by atoms with Crippen LogP contribution < -0.4 is 0 Å². The van der Waals surface area contributed by atoms with Crippen molar-refractivity contribution in [2.24, 2.45) is 0 Å². The van der Waals surface area contributed by atoms with Crippen LogP contribution in [0, 0.1) is 0 Å². The van der Waals surface area contributed by atoms with Crippen molar-refractivity contribution in [3.63, 3.8) is 0 Å². The van der Waals surface area contributed by atoms with Gasteiger partial charge in [0.15, 0.2) is 0 Å². The second-order valence-corrected chi connectivity index (χ2v) is 19.8. The van der Waals surface area contributed by atoms with Crippen LogP contribution in [0.3, 0.4) is 0 Å². The van der Waals surface area contributed by atoms with Crippen LogP contribution in [0.5, 0.6) is 0 Å². The number of nitrogens with zero attached hydrogens (tertiary/aromatic N) is 2. The molecule has 1 aliphatic rings. The summed E-state index contributed by atoms with van der Waals surface area (Å²) in [6.07, 6.45) is 0.861. The third-order valence-electron chi connectivity index (χ3n) is 15.0. The molecule has 2 nitrogen and oxygen atoms in total. The topological polar surface area (TPSA) is 9.86 Å². The van der Waals surface area contributed by atoms with Crippen molar-refractivity contribution >= 4 is 75.1 Å². The van der Waals surface area contributed by atoms with Gasteiger partial charge in [-0.15, -0.1) is 11.3 Å². The zero-order valence-electron chi connectivity index (χ0n) is 38.1. The number of hydrogen-bond donors (Lipinski definition) is 0. The lowest BCUT2D eigenvalue weighted by Crippen LogP contribution is -1.99. The van der Waals surface area contributed by atoms with Crippen LogP contribution in [0.2, 0.25) is 0 Å². The quantitative estimate of drug-likeness (QED) is 0.157. The fourth-order valence-electron chi connectivity index (χ4n) is 11.8. The molecule has 1 aliphatic carbocycles. The maximum atomic E-state index is 2.48. The SMILES string of the molecule is c1ccc(-n2c3ccccc3c3cc(-c4ccccc4-c4ccc5c(c4)-c4cc(-c6ccc7sc8ccccc8c7c6)cc(-c6ccccc6-n6c7ccccc7c7ccccc76)c4C5)ccc32)cc1. The number of benzene rings is 11. The Morgan fingerprint density at radius 3 is 1.53 bits per heavy atom. The molecule has 3 heteroatoms. The normalized spacial score (nSPS) is 12.2. The average molecular weight is 907 g/mol. The first-order valence-electron chi connectivity index (χ1n) is 24.2. The minimum Gasteiger partial charge on any atom is -0.309 e. The van der Waals surface area contributed by atoms with E-state index in [1.54, 1.807) is 0 Å². The second-order valence-electron chi connectivity index (χ2n) is 18.8. The maximum Gasteiger partial charge on any atom is 0.0541 e. The molecule has 0 spiro atoms. The molecule has 0 amide bonds. The van der Waals surface area contributed by atoms with Crippen LogP contribution in [0.25, 0.3) is 131 Å². The van der Waals surface area contributed by atoms with Crippen molar-refractivity contribution in [1.29, 1.82) is 0 Å². The second kappa shape index (κ2) is 15.4. The van der Waals surface area contributed by atoms with Gasteiger partial charge in [0.2, 0.25) is 0 Å². The lowest BCUT2D eigenvalue weighted by Gasteiger charge is -2.18. The van der Waals surface area contributed by atoms with Gasteiger partial charge >= 0.3 is 0 Å². The van der Waals surface area contributed by atoms with Gasteiger partial charge in [-0.25, -0.2) is 0 Å². The summed E-state index contributed by atoms with van der Waals surface area (Å²) in [6.45, 7) is 0. The molecule has 0 bridgehead atoms. The number of rotatable bonds is 6. The van der Waals surface area contributed by atoms with Crippen molar-refractivity contribution in [3.05, 3.63) is 254 Å². The Morgan fingerprint density at radius 1 is 0.286 bits per heavy atom. The lowest BCUT2D eigenvalue weighted by atomic mass is 9.89. The minimum absolute atomic E-state index is 0.861. The molecule has 70 heavy (non-hydrogen) atoms. The highest BCUT2D eigenvalue weighted by Crippen LogP contribution is 2.49. The van der Waals surface area contributed by atoms with Crippen LogP contribution in [0.1, 0.15) is 11.1 Å². The summed E-state index contributed by atoms with van der Waals surface area (Å²) in [7, 11) is 0. The van der Waals surface area contributed by atoms with Crippen LogP contribution in [0.15, 0.2) is 243 Å². The van der Waals surface area contributed by atoms with Crippen molar-refractivity contribution < 1.29 is 0 Å². The van der Waals surface area contributed by atoms with Gasteiger partial charge < -0.3 is 9.13 Å². The van der Waals surface area contributed by atoms with Gasteiger partial charge in [-0.1, -0.05) is 158 Å². The standard InChI is InChI=1S/C67H42N2S/c1-2-16-47(17-3-1)68-61-25-11-9-23-53(61)59-39-44(32-34-65(59)68)49-19-5-4-18-48(49)43-30-31-45-38-58-56(52-22-8-14-28-64(52)69-62-26-12-6-20-50(62)51-21-7-13-27-63(51)69)40-46(41-57(58)55(45)37-43)42-33-35-67-60(36-42)54-24-10-15-29-66(54)70-67/h1-37,39-41H,38H2. The minimum atomic E-state index is 0.861. The monoisotopic (exact) mass is 906 g/mol. The van der Waals surface area contributed by atoms with Crippen molar-refractivity contribution in [3.8, 4) is 67.0 Å². The number of hydrogen-bond acceptors (Lipinski definition) is 1. The first-order valence-corrected chi connectivity index (χ1v) is 25.0. The Kier molecular flexibility index (Phi) is 8.63. The summed E-state index contributed by atoms with van der Waals surface area (Å²) in [4.78, 5) is 0. The fraction of sp³-hybridized carbons (Fsp3) is 0.0149. The van der Waals surface area contributed by atoms with Gasteiger partial charge in [0.05, 0.1) is 27.8 Å². The van der Waals surface area contributed by atoms with Gasteiger partial charge in [0.25, 0.3) is 0 Å². The Labute approximate surface area is 409 Å². The smallest absolute Gasteiger partial charge is 0.0541 e. The predicted molar refractivity (Wildman–Crippen MR) is 298 cm³/mol. The molecule has 3 heterocycles. The van der Waals surface area contributed by atoms with E-state index in [1.807, 2.05) is 11.3 Å². The van der Waals surface area contributed by atoms with E-state index in [0.29, 0.717) is 0 Å². The summed E-state index contributed by atoms with van der Waals surface area (Å²) < 4.78 is 7.52. The van der Waals surface area contributed by atoms with E-state index in [4.69, 9.17) is 0 Å². The molecular weight excluding hydrogens is 865 g/mol. The number of aromatic nitrogens is 2. The summed E-state index contributed by atoms with van der Waals surface area (Å²) in [5, 5.41) is 7.67. The molecule has 0 fully saturated rings. The van der Waals surface area contributed by atoms with Gasteiger partial charge in [-0.05, 0) is 153 Å². The number of para-hydroxylation sites is 5. The van der Waals surface area contributed by atoms with E-state index >= 15 is 0 Å². The molecular formula is C67H42N2S. The molecule has 14 aromatic rings. The van der Waals surface area contributed by atoms with Crippen LogP contribution in [0.4, 0.5) is 0 Å². The highest BCUT2D eigenvalue weighted by Gasteiger charge is 2.27. The Morgan fingerprint density at radius 2 is 0.786 bits per heavy atom. The van der Waals surface area contributed by atoms with E-state index in [9.17, 15) is 0 Å². The first-order chi connectivity index (χ1) is 34.7. The van der Waals surface area contributed by atoms with E-state index in [1.165, 1.54) is 142 Å². The molecule has 15 rings (SSSR count). The van der Waals surface area contributed by atoms with E-state index < -0.39 is 0 Å². The van der Waals surface area contributed by atoms with Crippen molar-refractivity contribution in [2.45, 2.75) is 6.42 Å². The lowest BCUT2D eigenvalue weighted by molar-refractivity contribution is 1.18. The average Bonchev–Trinajstić information content (AvgIpc) is 4.18. The Balaban J connectivity index is 0.924. The molecule has 0 saturated carbocycles. The molecule has 326 valence electrons. The fourth-order valence-corrected chi connectivity index (χ4v) is 12.9. The molecule has 0 radical (unpaired) electrons. The third kappa shape index (κ3) is 5.92. The van der Waals surface area contributed by atoms with E-state index in [0.717, 1.165) is 6.42 Å². The van der Waals surface area contributed by atoms with Crippen LogP contribution >= 0.6 is 11.3 Å². The van der Waals surface area contributed by atoms with Gasteiger partial charge in [-0.3, -0.25) is 0 Å². The molecule has 11 aromatic carbocycles. The Hall–Kier alpha value is -8.76. The first kappa shape index (κ1) is 39.3. The van der Waals surface area contributed by atoms with E-state index in [2.05, 4.69) is 252 Å². The van der Waals surface area contributed by atoms with Crippen LogP contribution in [-0.4, -0.2) is 9.13 Å². The zero-order chi connectivity index (χ0) is 45.9. The summed E-state index contributed by atoms with van der Waals surface area (Å²) in [5.74, 6) is 0. The number of thiophene rings is 1. The van der Waals surface area contributed by atoms with Crippen molar-refractivity contribution in [1.82, 2.24) is 9.13 Å². The van der Waals surface area contributed by atoms with Gasteiger partial charge in [0, 0.05) is 53.0 Å². The molecule has 3 aromatic heterocycles. The summed E-state index contributed by atoms with van der Waals surface area (Å²) >= 11 is 1.87. The highest BCUT2D eigenvalue weighted by atomic mass is 32.1.